The number of aliphatic hydroxyl groups excluding tert-OH is 1. The smallest absolute Gasteiger partial charge is 0.180 e. The predicted molar refractivity (Wildman–Crippen MR) is 93.0 cm³/mol. The van der Waals surface area contributed by atoms with Crippen LogP contribution in [-0.2, 0) is 12.8 Å². The number of β-amino-alcohol motifs (C(OH)–C–C–N with tert-alkyl or cyclic N) is 1. The fraction of sp³-hybridized carbons (Fsp3) is 0.500. The molecule has 0 aromatic carbocycles. The standard InChI is InChI=1S/C18H23N5O/c24-13-12-22-8-10-23(11-9-22)18-14-4-3-6-15(14)20-17(21-18)16-5-1-2-7-19-16/h1-2,5,7,24H,3-4,6,8-13H2. The number of nitrogens with zero attached hydrogens (tertiary/aromatic N) is 5. The van der Waals surface area contributed by atoms with E-state index in [-0.39, 0.29) is 6.61 Å². The van der Waals surface area contributed by atoms with Crippen LogP contribution < -0.4 is 4.90 Å². The third-order valence-corrected chi connectivity index (χ3v) is 4.89. The minimum absolute atomic E-state index is 0.229. The number of pyridine rings is 1. The second-order valence-electron chi connectivity index (χ2n) is 6.42. The summed E-state index contributed by atoms with van der Waals surface area (Å²) in [6.07, 6.45) is 5.06. The molecular formula is C18H23N5O. The van der Waals surface area contributed by atoms with Crippen molar-refractivity contribution < 1.29 is 5.11 Å². The molecule has 0 radical (unpaired) electrons. The van der Waals surface area contributed by atoms with Gasteiger partial charge in [0.25, 0.3) is 0 Å². The van der Waals surface area contributed by atoms with E-state index in [4.69, 9.17) is 15.1 Å². The normalized spacial score (nSPS) is 18.0. The Morgan fingerprint density at radius 2 is 1.92 bits per heavy atom. The molecule has 24 heavy (non-hydrogen) atoms. The third kappa shape index (κ3) is 2.99. The van der Waals surface area contributed by atoms with E-state index in [1.807, 2.05) is 18.2 Å². The summed E-state index contributed by atoms with van der Waals surface area (Å²) in [5.41, 5.74) is 3.36. The molecule has 0 amide bonds. The van der Waals surface area contributed by atoms with Crippen molar-refractivity contribution in [1.82, 2.24) is 19.9 Å². The number of aromatic nitrogens is 3. The first kappa shape index (κ1) is 15.5. The Labute approximate surface area is 142 Å². The minimum Gasteiger partial charge on any atom is -0.395 e. The molecule has 1 aliphatic carbocycles. The summed E-state index contributed by atoms with van der Waals surface area (Å²) in [6, 6.07) is 5.87. The molecule has 2 aliphatic rings. The molecule has 126 valence electrons. The van der Waals surface area contributed by atoms with Crippen molar-refractivity contribution in [3.63, 3.8) is 0 Å². The Bertz CT molecular complexity index is 698. The van der Waals surface area contributed by atoms with E-state index in [0.717, 1.165) is 69.3 Å². The van der Waals surface area contributed by atoms with Crippen molar-refractivity contribution in [2.45, 2.75) is 19.3 Å². The molecule has 4 rings (SSSR count). The van der Waals surface area contributed by atoms with Gasteiger partial charge in [-0.15, -0.1) is 0 Å². The molecule has 0 unspecified atom stereocenters. The molecule has 1 fully saturated rings. The van der Waals surface area contributed by atoms with Gasteiger partial charge in [0.05, 0.1) is 6.61 Å². The van der Waals surface area contributed by atoms with Gasteiger partial charge >= 0.3 is 0 Å². The van der Waals surface area contributed by atoms with Crippen LogP contribution in [0, 0.1) is 0 Å². The van der Waals surface area contributed by atoms with Crippen LogP contribution >= 0.6 is 0 Å². The van der Waals surface area contributed by atoms with Gasteiger partial charge in [0, 0.05) is 50.2 Å². The number of rotatable bonds is 4. The number of fused-ring (bicyclic) bond motifs is 1. The molecule has 1 N–H and O–H groups in total. The number of hydrogen-bond acceptors (Lipinski definition) is 6. The van der Waals surface area contributed by atoms with Crippen LogP contribution in [0.5, 0.6) is 0 Å². The predicted octanol–water partition coefficient (Wildman–Crippen LogP) is 1.14. The Hall–Kier alpha value is -2.05. The zero-order valence-electron chi connectivity index (χ0n) is 13.9. The summed E-state index contributed by atoms with van der Waals surface area (Å²) in [4.78, 5) is 18.8. The number of anilines is 1. The van der Waals surface area contributed by atoms with Crippen LogP contribution in [0.25, 0.3) is 11.5 Å². The zero-order chi connectivity index (χ0) is 16.4. The minimum atomic E-state index is 0.229. The summed E-state index contributed by atoms with van der Waals surface area (Å²) >= 11 is 0. The lowest BCUT2D eigenvalue weighted by Crippen LogP contribution is -2.47. The average Bonchev–Trinajstić information content (AvgIpc) is 3.11. The Morgan fingerprint density at radius 1 is 1.04 bits per heavy atom. The van der Waals surface area contributed by atoms with Gasteiger partial charge in [-0.3, -0.25) is 9.88 Å². The Balaban J connectivity index is 1.64. The maximum atomic E-state index is 9.11. The molecule has 6 nitrogen and oxygen atoms in total. The Morgan fingerprint density at radius 3 is 2.67 bits per heavy atom. The van der Waals surface area contributed by atoms with Gasteiger partial charge in [0.15, 0.2) is 5.82 Å². The van der Waals surface area contributed by atoms with E-state index in [0.29, 0.717) is 0 Å². The molecule has 2 aromatic heterocycles. The molecule has 1 saturated heterocycles. The van der Waals surface area contributed by atoms with Gasteiger partial charge in [0.2, 0.25) is 0 Å². The van der Waals surface area contributed by atoms with Crippen molar-refractivity contribution in [1.29, 1.82) is 0 Å². The van der Waals surface area contributed by atoms with E-state index in [1.54, 1.807) is 6.20 Å². The van der Waals surface area contributed by atoms with Crippen LogP contribution in [-0.4, -0.2) is 64.3 Å². The van der Waals surface area contributed by atoms with Crippen molar-refractivity contribution >= 4 is 5.82 Å². The first-order chi connectivity index (χ1) is 11.8. The van der Waals surface area contributed by atoms with Crippen molar-refractivity contribution in [2.24, 2.45) is 0 Å². The molecular weight excluding hydrogens is 302 g/mol. The largest absolute Gasteiger partial charge is 0.395 e. The van der Waals surface area contributed by atoms with Crippen molar-refractivity contribution in [3.8, 4) is 11.5 Å². The highest BCUT2D eigenvalue weighted by atomic mass is 16.3. The van der Waals surface area contributed by atoms with Crippen LogP contribution in [0.15, 0.2) is 24.4 Å². The first-order valence-corrected chi connectivity index (χ1v) is 8.74. The number of aliphatic hydroxyl groups is 1. The van der Waals surface area contributed by atoms with Crippen molar-refractivity contribution in [3.05, 3.63) is 35.7 Å². The van der Waals surface area contributed by atoms with E-state index in [1.165, 1.54) is 11.3 Å². The SMILES string of the molecule is OCCN1CCN(c2nc(-c3ccccn3)nc3c2CCC3)CC1. The highest BCUT2D eigenvalue weighted by molar-refractivity contribution is 5.59. The summed E-state index contributed by atoms with van der Waals surface area (Å²) in [5, 5.41) is 9.11. The van der Waals surface area contributed by atoms with E-state index < -0.39 is 0 Å². The summed E-state index contributed by atoms with van der Waals surface area (Å²) in [7, 11) is 0. The quantitative estimate of drug-likeness (QED) is 0.909. The molecule has 6 heteroatoms. The van der Waals surface area contributed by atoms with Gasteiger partial charge in [-0.1, -0.05) is 6.07 Å². The maximum absolute atomic E-state index is 9.11. The lowest BCUT2D eigenvalue weighted by molar-refractivity contribution is 0.188. The number of aryl methyl sites for hydroxylation is 1. The summed E-state index contributed by atoms with van der Waals surface area (Å²) < 4.78 is 0. The molecule has 0 atom stereocenters. The van der Waals surface area contributed by atoms with Gasteiger partial charge in [0.1, 0.15) is 11.5 Å². The van der Waals surface area contributed by atoms with Crippen LogP contribution in [0.2, 0.25) is 0 Å². The number of hydrogen-bond donors (Lipinski definition) is 1. The van der Waals surface area contributed by atoms with E-state index in [2.05, 4.69) is 14.8 Å². The second-order valence-corrected chi connectivity index (χ2v) is 6.42. The molecule has 0 bridgehead atoms. The van der Waals surface area contributed by atoms with Gasteiger partial charge in [-0.2, -0.15) is 0 Å². The summed E-state index contributed by atoms with van der Waals surface area (Å²) in [6.45, 7) is 4.83. The fourth-order valence-electron chi connectivity index (χ4n) is 3.61. The molecule has 0 saturated carbocycles. The van der Waals surface area contributed by atoms with E-state index >= 15 is 0 Å². The van der Waals surface area contributed by atoms with Gasteiger partial charge < -0.3 is 10.0 Å². The zero-order valence-corrected chi connectivity index (χ0v) is 13.9. The highest BCUT2D eigenvalue weighted by Gasteiger charge is 2.26. The van der Waals surface area contributed by atoms with Crippen LogP contribution in [0.4, 0.5) is 5.82 Å². The number of piperazine rings is 1. The molecule has 2 aromatic rings. The van der Waals surface area contributed by atoms with Crippen molar-refractivity contribution in [2.75, 3.05) is 44.2 Å². The maximum Gasteiger partial charge on any atom is 0.180 e. The lowest BCUT2D eigenvalue weighted by Gasteiger charge is -2.36. The van der Waals surface area contributed by atoms with Gasteiger partial charge in [-0.25, -0.2) is 9.97 Å². The monoisotopic (exact) mass is 325 g/mol. The Kier molecular flexibility index (Phi) is 4.40. The molecule has 1 aliphatic heterocycles. The summed E-state index contributed by atoms with van der Waals surface area (Å²) in [5.74, 6) is 1.84. The second kappa shape index (κ2) is 6.83. The molecule has 0 spiro atoms. The highest BCUT2D eigenvalue weighted by Crippen LogP contribution is 2.31. The van der Waals surface area contributed by atoms with E-state index in [9.17, 15) is 0 Å². The lowest BCUT2D eigenvalue weighted by atomic mass is 10.2. The fourth-order valence-corrected chi connectivity index (χ4v) is 3.61. The topological polar surface area (TPSA) is 65.4 Å². The van der Waals surface area contributed by atoms with Gasteiger partial charge in [-0.05, 0) is 31.4 Å². The molecule has 3 heterocycles. The third-order valence-electron chi connectivity index (χ3n) is 4.89. The average molecular weight is 325 g/mol. The van der Waals surface area contributed by atoms with Crippen LogP contribution in [0.1, 0.15) is 17.7 Å². The first-order valence-electron chi connectivity index (χ1n) is 8.74. The van der Waals surface area contributed by atoms with Crippen LogP contribution in [0.3, 0.4) is 0 Å².